The number of aromatic carboxylic acids is 1. The third-order valence-electron chi connectivity index (χ3n) is 2.86. The largest absolute Gasteiger partial charge is 0.486 e. The molecule has 2 aromatic carbocycles. The lowest BCUT2D eigenvalue weighted by Gasteiger charge is -2.07. The molecule has 4 nitrogen and oxygen atoms in total. The molecule has 1 aromatic heterocycles. The van der Waals surface area contributed by atoms with E-state index < -0.39 is 11.8 Å². The summed E-state index contributed by atoms with van der Waals surface area (Å²) in [6, 6.07) is 11.1. The first-order valence-electron chi connectivity index (χ1n) is 6.13. The molecule has 3 rings (SSSR count). The fraction of sp³-hybridized carbons (Fsp3) is 0.0667. The predicted molar refractivity (Wildman–Crippen MR) is 77.3 cm³/mol. The van der Waals surface area contributed by atoms with Crippen LogP contribution in [0.4, 0.5) is 4.39 Å². The van der Waals surface area contributed by atoms with Gasteiger partial charge in [0.05, 0.1) is 10.2 Å². The van der Waals surface area contributed by atoms with Gasteiger partial charge in [-0.1, -0.05) is 12.1 Å². The van der Waals surface area contributed by atoms with Crippen LogP contribution in [0.3, 0.4) is 0 Å². The monoisotopic (exact) mass is 303 g/mol. The van der Waals surface area contributed by atoms with Gasteiger partial charge in [0, 0.05) is 0 Å². The number of ether oxygens (including phenoxy) is 1. The molecule has 0 bridgehead atoms. The second-order valence-corrected chi connectivity index (χ2v) is 5.42. The summed E-state index contributed by atoms with van der Waals surface area (Å²) in [6.07, 6.45) is 0. The minimum absolute atomic E-state index is 0.128. The summed E-state index contributed by atoms with van der Waals surface area (Å²) in [5, 5.41) is 9.78. The molecular formula is C15H10FNO3S. The molecule has 106 valence electrons. The Kier molecular flexibility index (Phi) is 3.53. The maximum absolute atomic E-state index is 13.1. The highest BCUT2D eigenvalue weighted by Crippen LogP contribution is 2.25. The Balaban J connectivity index is 1.83. The Labute approximate surface area is 123 Å². The molecular weight excluding hydrogens is 293 g/mol. The van der Waals surface area contributed by atoms with Crippen LogP contribution < -0.4 is 4.74 Å². The van der Waals surface area contributed by atoms with Crippen molar-refractivity contribution in [2.45, 2.75) is 6.61 Å². The van der Waals surface area contributed by atoms with Gasteiger partial charge in [0.25, 0.3) is 0 Å². The number of aromatic nitrogens is 1. The van der Waals surface area contributed by atoms with Crippen molar-refractivity contribution in [1.29, 1.82) is 0 Å². The fourth-order valence-corrected chi connectivity index (χ4v) is 2.80. The van der Waals surface area contributed by atoms with E-state index in [0.717, 1.165) is 21.3 Å². The molecule has 0 aliphatic heterocycles. The molecule has 0 atom stereocenters. The van der Waals surface area contributed by atoms with Gasteiger partial charge in [-0.15, -0.1) is 11.3 Å². The molecule has 3 aromatic rings. The van der Waals surface area contributed by atoms with Crippen LogP contribution in [0, 0.1) is 5.82 Å². The van der Waals surface area contributed by atoms with Crippen molar-refractivity contribution >= 4 is 27.5 Å². The zero-order valence-electron chi connectivity index (χ0n) is 10.7. The second kappa shape index (κ2) is 5.49. The number of para-hydroxylation sites is 1. The van der Waals surface area contributed by atoms with E-state index in [1.165, 1.54) is 23.5 Å². The van der Waals surface area contributed by atoms with Crippen molar-refractivity contribution in [2.75, 3.05) is 0 Å². The van der Waals surface area contributed by atoms with E-state index in [-0.39, 0.29) is 17.9 Å². The van der Waals surface area contributed by atoms with Crippen molar-refractivity contribution in [3.8, 4) is 5.75 Å². The normalized spacial score (nSPS) is 10.7. The average molecular weight is 303 g/mol. The topological polar surface area (TPSA) is 59.4 Å². The van der Waals surface area contributed by atoms with Gasteiger partial charge >= 0.3 is 5.97 Å². The Hall–Kier alpha value is -2.47. The predicted octanol–water partition coefficient (Wildman–Crippen LogP) is 3.71. The van der Waals surface area contributed by atoms with Crippen LogP contribution in [-0.4, -0.2) is 16.1 Å². The molecule has 0 aliphatic carbocycles. The summed E-state index contributed by atoms with van der Waals surface area (Å²) in [4.78, 5) is 15.5. The summed E-state index contributed by atoms with van der Waals surface area (Å²) in [5.74, 6) is -1.71. The van der Waals surface area contributed by atoms with E-state index in [2.05, 4.69) is 4.98 Å². The number of carbonyl (C=O) groups is 1. The minimum Gasteiger partial charge on any atom is -0.486 e. The second-order valence-electron chi connectivity index (χ2n) is 4.31. The molecule has 0 aliphatic rings. The standard InChI is InChI=1S/C15H10FNO3S/c16-9-5-6-12(10(7-9)15(18)19)20-8-14-17-11-3-1-2-4-13(11)21-14/h1-7H,8H2,(H,18,19). The first kappa shape index (κ1) is 13.5. The summed E-state index contributed by atoms with van der Waals surface area (Å²) < 4.78 is 19.6. The zero-order valence-corrected chi connectivity index (χ0v) is 11.6. The maximum atomic E-state index is 13.1. The third kappa shape index (κ3) is 2.85. The molecule has 1 N–H and O–H groups in total. The number of halogens is 1. The van der Waals surface area contributed by atoms with Gasteiger partial charge < -0.3 is 9.84 Å². The highest BCUT2D eigenvalue weighted by molar-refractivity contribution is 7.18. The number of hydrogen-bond donors (Lipinski definition) is 1. The number of rotatable bonds is 4. The molecule has 1 heterocycles. The van der Waals surface area contributed by atoms with Crippen LogP contribution in [0.15, 0.2) is 42.5 Å². The van der Waals surface area contributed by atoms with Crippen molar-refractivity contribution in [3.05, 3.63) is 58.9 Å². The summed E-state index contributed by atoms with van der Waals surface area (Å²) in [5.41, 5.74) is 0.676. The Bertz CT molecular complexity index is 783. The van der Waals surface area contributed by atoms with Gasteiger partial charge in [0.15, 0.2) is 0 Å². The van der Waals surface area contributed by atoms with E-state index in [1.807, 2.05) is 24.3 Å². The van der Waals surface area contributed by atoms with E-state index in [4.69, 9.17) is 9.84 Å². The van der Waals surface area contributed by atoms with Crippen molar-refractivity contribution in [1.82, 2.24) is 4.98 Å². The number of carboxylic acids is 1. The molecule has 0 saturated heterocycles. The molecule has 0 fully saturated rings. The van der Waals surface area contributed by atoms with Crippen LogP contribution in [-0.2, 0) is 6.61 Å². The van der Waals surface area contributed by atoms with Gasteiger partial charge in [-0.25, -0.2) is 14.2 Å². The Morgan fingerprint density at radius 1 is 1.29 bits per heavy atom. The number of benzene rings is 2. The minimum atomic E-state index is -1.23. The maximum Gasteiger partial charge on any atom is 0.339 e. The van der Waals surface area contributed by atoms with Crippen LogP contribution in [0.25, 0.3) is 10.2 Å². The molecule has 0 amide bonds. The van der Waals surface area contributed by atoms with Crippen LogP contribution in [0.1, 0.15) is 15.4 Å². The van der Waals surface area contributed by atoms with E-state index in [1.54, 1.807) is 0 Å². The van der Waals surface area contributed by atoms with Crippen molar-refractivity contribution in [2.24, 2.45) is 0 Å². The smallest absolute Gasteiger partial charge is 0.339 e. The highest BCUT2D eigenvalue weighted by Gasteiger charge is 2.13. The molecule has 0 radical (unpaired) electrons. The van der Waals surface area contributed by atoms with Crippen LogP contribution in [0.5, 0.6) is 5.75 Å². The fourth-order valence-electron chi connectivity index (χ4n) is 1.92. The first-order chi connectivity index (χ1) is 10.1. The zero-order chi connectivity index (χ0) is 14.8. The first-order valence-corrected chi connectivity index (χ1v) is 6.95. The lowest BCUT2D eigenvalue weighted by molar-refractivity contribution is 0.0691. The number of hydrogen-bond acceptors (Lipinski definition) is 4. The van der Waals surface area contributed by atoms with E-state index >= 15 is 0 Å². The van der Waals surface area contributed by atoms with Gasteiger partial charge in [0.2, 0.25) is 0 Å². The summed E-state index contributed by atoms with van der Waals surface area (Å²) >= 11 is 1.48. The lowest BCUT2D eigenvalue weighted by Crippen LogP contribution is -2.03. The van der Waals surface area contributed by atoms with Gasteiger partial charge in [-0.3, -0.25) is 0 Å². The number of fused-ring (bicyclic) bond motifs is 1. The van der Waals surface area contributed by atoms with E-state index in [0.29, 0.717) is 0 Å². The van der Waals surface area contributed by atoms with Gasteiger partial charge in [-0.05, 0) is 30.3 Å². The van der Waals surface area contributed by atoms with Crippen molar-refractivity contribution < 1.29 is 19.0 Å². The number of carboxylic acid groups (broad SMARTS) is 1. The summed E-state index contributed by atoms with van der Waals surface area (Å²) in [6.45, 7) is 0.144. The van der Waals surface area contributed by atoms with E-state index in [9.17, 15) is 9.18 Å². The van der Waals surface area contributed by atoms with Gasteiger partial charge in [0.1, 0.15) is 28.7 Å². The lowest BCUT2D eigenvalue weighted by atomic mass is 10.2. The molecule has 0 spiro atoms. The Morgan fingerprint density at radius 2 is 2.10 bits per heavy atom. The number of nitrogens with zero attached hydrogens (tertiary/aromatic N) is 1. The molecule has 21 heavy (non-hydrogen) atoms. The molecule has 0 unspecified atom stereocenters. The SMILES string of the molecule is O=C(O)c1cc(F)ccc1OCc1nc2ccccc2s1. The quantitative estimate of drug-likeness (QED) is 0.798. The number of thiazole rings is 1. The molecule has 6 heteroatoms. The van der Waals surface area contributed by atoms with Crippen LogP contribution >= 0.6 is 11.3 Å². The highest BCUT2D eigenvalue weighted by atomic mass is 32.1. The van der Waals surface area contributed by atoms with Gasteiger partial charge in [-0.2, -0.15) is 0 Å². The van der Waals surface area contributed by atoms with Crippen LogP contribution in [0.2, 0.25) is 0 Å². The summed E-state index contributed by atoms with van der Waals surface area (Å²) in [7, 11) is 0. The molecule has 0 saturated carbocycles. The average Bonchev–Trinajstić information content (AvgIpc) is 2.88. The third-order valence-corrected chi connectivity index (χ3v) is 3.87. The van der Waals surface area contributed by atoms with Crippen molar-refractivity contribution in [3.63, 3.8) is 0 Å². The Morgan fingerprint density at radius 3 is 2.86 bits per heavy atom.